The summed E-state index contributed by atoms with van der Waals surface area (Å²) in [5, 5.41) is 18.7. The van der Waals surface area contributed by atoms with Crippen LogP contribution in [-0.4, -0.2) is 31.9 Å². The molecule has 0 aliphatic heterocycles. The van der Waals surface area contributed by atoms with Gasteiger partial charge in [-0.15, -0.1) is 0 Å². The number of alkyl halides is 3. The monoisotopic (exact) mass is 481 g/mol. The number of carboxylic acids is 1. The molecule has 2 amide bonds. The van der Waals surface area contributed by atoms with Gasteiger partial charge in [0, 0.05) is 41.1 Å². The minimum Gasteiger partial charge on any atom is -0.480 e. The maximum Gasteiger partial charge on any atom is 0.416 e. The van der Waals surface area contributed by atoms with E-state index in [0.29, 0.717) is 22.5 Å². The quantitative estimate of drug-likeness (QED) is 0.344. The lowest BCUT2D eigenvalue weighted by atomic mass is 10.0. The Morgan fingerprint density at radius 3 is 2.26 bits per heavy atom. The van der Waals surface area contributed by atoms with Gasteiger partial charge in [-0.25, -0.2) is 4.79 Å². The molecule has 0 atom stereocenters. The third kappa shape index (κ3) is 5.82. The van der Waals surface area contributed by atoms with E-state index in [1.54, 1.807) is 55.0 Å². The highest BCUT2D eigenvalue weighted by Crippen LogP contribution is 2.32. The minimum atomic E-state index is -4.46. The number of aliphatic carboxylic acids is 1. The number of nitrogens with zero attached hydrogens (tertiary/aromatic N) is 3. The lowest BCUT2D eigenvalue weighted by Crippen LogP contribution is -2.19. The van der Waals surface area contributed by atoms with Crippen molar-refractivity contribution < 1.29 is 27.9 Å². The molecule has 0 spiro atoms. The molecular formula is C24H18F3N5O3. The van der Waals surface area contributed by atoms with E-state index in [-0.39, 0.29) is 12.2 Å². The number of nitrogens with one attached hydrogen (secondary N) is 2. The van der Waals surface area contributed by atoms with Crippen LogP contribution in [0, 0.1) is 0 Å². The Morgan fingerprint density at radius 2 is 1.60 bits per heavy atom. The number of hydrogen-bond donors (Lipinski definition) is 3. The van der Waals surface area contributed by atoms with Crippen LogP contribution in [0.1, 0.15) is 5.56 Å². The summed E-state index contributed by atoms with van der Waals surface area (Å²) in [7, 11) is 0. The molecule has 8 nitrogen and oxygen atoms in total. The number of benzene rings is 2. The van der Waals surface area contributed by atoms with Crippen molar-refractivity contribution in [2.75, 3.05) is 10.6 Å². The Morgan fingerprint density at radius 1 is 0.914 bits per heavy atom. The highest BCUT2D eigenvalue weighted by molar-refractivity contribution is 6.00. The van der Waals surface area contributed by atoms with Gasteiger partial charge in [-0.2, -0.15) is 18.3 Å². The van der Waals surface area contributed by atoms with Crippen LogP contribution in [0.4, 0.5) is 29.3 Å². The third-order valence-corrected chi connectivity index (χ3v) is 4.91. The second-order valence-corrected chi connectivity index (χ2v) is 7.45. The summed E-state index contributed by atoms with van der Waals surface area (Å²) in [6.45, 7) is -0.328. The Hall–Kier alpha value is -4.67. The van der Waals surface area contributed by atoms with Gasteiger partial charge in [0.2, 0.25) is 0 Å². The molecule has 178 valence electrons. The Balaban J connectivity index is 1.55. The first-order valence-corrected chi connectivity index (χ1v) is 10.2. The number of carboxylic acid groups (broad SMARTS) is 1. The molecule has 2 aromatic heterocycles. The molecule has 0 fully saturated rings. The predicted molar refractivity (Wildman–Crippen MR) is 123 cm³/mol. The van der Waals surface area contributed by atoms with Crippen molar-refractivity contribution in [3.8, 4) is 22.4 Å². The van der Waals surface area contributed by atoms with Crippen molar-refractivity contribution >= 4 is 23.4 Å². The second kappa shape index (κ2) is 9.67. The number of aromatic nitrogens is 3. The number of carbonyl (C=O) groups is 2. The third-order valence-electron chi connectivity index (χ3n) is 4.91. The van der Waals surface area contributed by atoms with E-state index in [2.05, 4.69) is 20.7 Å². The maximum absolute atomic E-state index is 12.7. The number of amides is 2. The Kier molecular flexibility index (Phi) is 6.49. The van der Waals surface area contributed by atoms with Crippen molar-refractivity contribution in [3.63, 3.8) is 0 Å². The number of pyridine rings is 1. The van der Waals surface area contributed by atoms with Crippen LogP contribution in [0.5, 0.6) is 0 Å². The van der Waals surface area contributed by atoms with E-state index >= 15 is 0 Å². The van der Waals surface area contributed by atoms with Crippen LogP contribution in [0.25, 0.3) is 22.4 Å². The summed E-state index contributed by atoms with van der Waals surface area (Å²) in [6, 6.07) is 13.7. The zero-order chi connectivity index (χ0) is 25.0. The van der Waals surface area contributed by atoms with Crippen LogP contribution in [-0.2, 0) is 17.5 Å². The number of hydrogen-bond acceptors (Lipinski definition) is 4. The van der Waals surface area contributed by atoms with Crippen LogP contribution < -0.4 is 10.6 Å². The van der Waals surface area contributed by atoms with E-state index < -0.39 is 23.7 Å². The van der Waals surface area contributed by atoms with E-state index in [0.717, 1.165) is 29.8 Å². The highest BCUT2D eigenvalue weighted by atomic mass is 19.4. The smallest absolute Gasteiger partial charge is 0.416 e. The fraction of sp³-hybridized carbons (Fsp3) is 0.0833. The van der Waals surface area contributed by atoms with Crippen molar-refractivity contribution in [1.29, 1.82) is 0 Å². The summed E-state index contributed by atoms with van der Waals surface area (Å²) in [5.74, 6) is -1.05. The topological polar surface area (TPSA) is 109 Å². The predicted octanol–water partition coefficient (Wildman–Crippen LogP) is 5.36. The summed E-state index contributed by atoms with van der Waals surface area (Å²) >= 11 is 0. The molecule has 0 aliphatic carbocycles. The Labute approximate surface area is 197 Å². The number of urea groups is 1. The van der Waals surface area contributed by atoms with Gasteiger partial charge in [-0.05, 0) is 54.1 Å². The van der Waals surface area contributed by atoms with E-state index in [1.807, 2.05) is 0 Å². The maximum atomic E-state index is 12.7. The molecule has 2 aromatic carbocycles. The minimum absolute atomic E-state index is 0.194. The molecule has 0 aliphatic rings. The van der Waals surface area contributed by atoms with E-state index in [9.17, 15) is 22.8 Å². The molecule has 0 unspecified atom stereocenters. The molecular weight excluding hydrogens is 463 g/mol. The first-order valence-electron chi connectivity index (χ1n) is 10.2. The zero-order valence-corrected chi connectivity index (χ0v) is 18.0. The van der Waals surface area contributed by atoms with Gasteiger partial charge < -0.3 is 15.7 Å². The number of halogens is 3. The average molecular weight is 481 g/mol. The van der Waals surface area contributed by atoms with Gasteiger partial charge in [-0.1, -0.05) is 12.1 Å². The first-order chi connectivity index (χ1) is 16.7. The molecule has 35 heavy (non-hydrogen) atoms. The van der Waals surface area contributed by atoms with E-state index in [4.69, 9.17) is 5.11 Å². The standard InChI is InChI=1S/C24H18F3N5O3/c25-24(26,27)17-4-6-18(7-5-17)29-23(35)30-19-3-1-2-16(12-19)22-20(15-8-10-28-11-9-15)13-32(31-22)14-21(33)34/h1-13H,14H2,(H,33,34)(H2,29,30,35). The van der Waals surface area contributed by atoms with Gasteiger partial charge in [0.15, 0.2) is 0 Å². The van der Waals surface area contributed by atoms with Crippen molar-refractivity contribution in [3.05, 3.63) is 84.8 Å². The van der Waals surface area contributed by atoms with E-state index in [1.165, 1.54) is 4.68 Å². The second-order valence-electron chi connectivity index (χ2n) is 7.45. The molecule has 0 saturated carbocycles. The fourth-order valence-electron chi connectivity index (χ4n) is 3.38. The largest absolute Gasteiger partial charge is 0.480 e. The summed E-state index contributed by atoms with van der Waals surface area (Å²) in [4.78, 5) is 27.6. The summed E-state index contributed by atoms with van der Waals surface area (Å²) < 4.78 is 39.4. The van der Waals surface area contributed by atoms with Crippen molar-refractivity contribution in [1.82, 2.24) is 14.8 Å². The molecule has 2 heterocycles. The summed E-state index contributed by atoms with van der Waals surface area (Å²) in [5.41, 5.74) is 2.37. The Bertz CT molecular complexity index is 1350. The first kappa shape index (κ1) is 23.5. The van der Waals surface area contributed by atoms with Crippen LogP contribution in [0.15, 0.2) is 79.3 Å². The van der Waals surface area contributed by atoms with Gasteiger partial charge in [-0.3, -0.25) is 14.5 Å². The molecule has 0 bridgehead atoms. The highest BCUT2D eigenvalue weighted by Gasteiger charge is 2.30. The molecule has 3 N–H and O–H groups in total. The lowest BCUT2D eigenvalue weighted by molar-refractivity contribution is -0.138. The number of rotatable bonds is 6. The van der Waals surface area contributed by atoms with Gasteiger partial charge in [0.05, 0.1) is 5.56 Å². The number of carbonyl (C=O) groups excluding carboxylic acids is 1. The van der Waals surface area contributed by atoms with Crippen LogP contribution in [0.2, 0.25) is 0 Å². The van der Waals surface area contributed by atoms with Crippen molar-refractivity contribution in [2.24, 2.45) is 0 Å². The van der Waals surface area contributed by atoms with Crippen molar-refractivity contribution in [2.45, 2.75) is 12.7 Å². The van der Waals surface area contributed by atoms with Crippen LogP contribution in [0.3, 0.4) is 0 Å². The number of anilines is 2. The molecule has 4 rings (SSSR count). The average Bonchev–Trinajstić information content (AvgIpc) is 3.23. The van der Waals surface area contributed by atoms with Gasteiger partial charge in [0.25, 0.3) is 0 Å². The molecule has 4 aromatic rings. The summed E-state index contributed by atoms with van der Waals surface area (Å²) in [6.07, 6.45) is 0.373. The van der Waals surface area contributed by atoms with Gasteiger partial charge in [0.1, 0.15) is 12.2 Å². The van der Waals surface area contributed by atoms with Gasteiger partial charge >= 0.3 is 18.2 Å². The molecule has 0 saturated heterocycles. The molecule has 11 heteroatoms. The normalized spacial score (nSPS) is 11.2. The van der Waals surface area contributed by atoms with Crippen LogP contribution >= 0.6 is 0 Å². The fourth-order valence-corrected chi connectivity index (χ4v) is 3.38. The lowest BCUT2D eigenvalue weighted by Gasteiger charge is -2.11. The SMILES string of the molecule is O=C(O)Cn1cc(-c2ccncc2)c(-c2cccc(NC(=O)Nc3ccc(C(F)(F)F)cc3)c2)n1. The zero-order valence-electron chi connectivity index (χ0n) is 18.0. The molecule has 0 radical (unpaired) electrons.